The maximum absolute atomic E-state index is 13.3. The van der Waals surface area contributed by atoms with Crippen LogP contribution in [-0.4, -0.2) is 103 Å². The number of amides is 2. The van der Waals surface area contributed by atoms with E-state index in [0.717, 1.165) is 24.2 Å². The number of hydrogen-bond acceptors (Lipinski definition) is 7. The first kappa shape index (κ1) is 25.4. The Morgan fingerprint density at radius 3 is 2.69 bits per heavy atom. The van der Waals surface area contributed by atoms with Gasteiger partial charge >= 0.3 is 0 Å². The summed E-state index contributed by atoms with van der Waals surface area (Å²) in [6.07, 6.45) is 1.53. The number of rotatable bonds is 8. The molecule has 1 aromatic rings. The molecule has 4 atom stereocenters. The molecular weight excluding hydrogens is 450 g/mol. The van der Waals surface area contributed by atoms with Gasteiger partial charge in [-0.1, -0.05) is 23.8 Å². The minimum Gasteiger partial charge on any atom is -0.486 e. The molecule has 0 radical (unpaired) electrons. The van der Waals surface area contributed by atoms with Crippen molar-refractivity contribution >= 4 is 11.8 Å². The summed E-state index contributed by atoms with van der Waals surface area (Å²) in [5.74, 6) is -0.397. The monoisotopic (exact) mass is 485 g/mol. The number of fused-ring (bicyclic) bond motifs is 3. The molecule has 2 heterocycles. The number of nitrogens with one attached hydrogen (secondary N) is 1. The number of hydrogen-bond donors (Lipinski definition) is 3. The molecule has 9 nitrogen and oxygen atoms in total. The number of nitrogens with zero attached hydrogens (tertiary/aromatic N) is 2. The molecule has 1 saturated heterocycles. The summed E-state index contributed by atoms with van der Waals surface area (Å²) in [6, 6.07) is 6.69. The minimum absolute atomic E-state index is 0.112. The molecule has 0 spiro atoms. The molecule has 3 N–H and O–H groups in total. The van der Waals surface area contributed by atoms with E-state index in [1.165, 1.54) is 0 Å². The Morgan fingerprint density at radius 1 is 1.23 bits per heavy atom. The summed E-state index contributed by atoms with van der Waals surface area (Å²) in [6.45, 7) is 7.52. The second-order valence-electron chi connectivity index (χ2n) is 9.39. The van der Waals surface area contributed by atoms with E-state index < -0.39 is 24.2 Å². The van der Waals surface area contributed by atoms with Crippen molar-refractivity contribution in [2.75, 3.05) is 52.5 Å². The van der Waals surface area contributed by atoms with Gasteiger partial charge in [0.2, 0.25) is 11.8 Å². The topological polar surface area (TPSA) is 112 Å². The Morgan fingerprint density at radius 2 is 1.97 bits per heavy atom. The van der Waals surface area contributed by atoms with Crippen LogP contribution < -0.4 is 10.1 Å². The van der Waals surface area contributed by atoms with Gasteiger partial charge in [0, 0.05) is 49.9 Å². The molecule has 1 aliphatic carbocycles. The zero-order chi connectivity index (χ0) is 24.9. The van der Waals surface area contributed by atoms with Crippen LogP contribution in [0.25, 0.3) is 0 Å². The molecule has 0 saturated carbocycles. The maximum Gasteiger partial charge on any atom is 0.247 e. The maximum atomic E-state index is 13.3. The van der Waals surface area contributed by atoms with Crippen molar-refractivity contribution in [3.05, 3.63) is 53.1 Å². The Balaban J connectivity index is 1.68. The second kappa shape index (κ2) is 11.3. The van der Waals surface area contributed by atoms with E-state index in [0.29, 0.717) is 37.6 Å². The van der Waals surface area contributed by atoms with Crippen LogP contribution in [0, 0.1) is 0 Å². The first-order valence-electron chi connectivity index (χ1n) is 12.2. The Hall–Kier alpha value is -2.72. The molecule has 190 valence electrons. The predicted molar refractivity (Wildman–Crippen MR) is 130 cm³/mol. The molecule has 0 bridgehead atoms. The molecule has 2 amide bonds. The standard InChI is InChI=1S/C26H35N3O6/c1-17(2)15-22(31)29(9-8-28-10-13-34-14-11-28)20-16-19(26(33)27-7-12-30)23-18-5-3-4-6-21(18)35-25(23)24(20)32/h3-6,15-16,20,23-25,30,32H,7-14H2,1-2H3,(H,27,33). The fourth-order valence-electron chi connectivity index (χ4n) is 5.00. The van der Waals surface area contributed by atoms with Crippen molar-refractivity contribution in [1.29, 1.82) is 0 Å². The van der Waals surface area contributed by atoms with Crippen LogP contribution in [-0.2, 0) is 14.3 Å². The van der Waals surface area contributed by atoms with Crippen LogP contribution in [0.3, 0.4) is 0 Å². The largest absolute Gasteiger partial charge is 0.486 e. The van der Waals surface area contributed by atoms with Crippen LogP contribution in [0.1, 0.15) is 25.3 Å². The van der Waals surface area contributed by atoms with Crippen molar-refractivity contribution < 1.29 is 29.3 Å². The zero-order valence-corrected chi connectivity index (χ0v) is 20.4. The predicted octanol–water partition coefficient (Wildman–Crippen LogP) is 0.436. The highest BCUT2D eigenvalue weighted by Crippen LogP contribution is 2.47. The molecular formula is C26H35N3O6. The lowest BCUT2D eigenvalue weighted by molar-refractivity contribution is -0.132. The molecule has 4 rings (SSSR count). The number of ether oxygens (including phenoxy) is 2. The number of carbonyl (C=O) groups is 2. The van der Waals surface area contributed by atoms with Crippen molar-refractivity contribution in [3.63, 3.8) is 0 Å². The second-order valence-corrected chi connectivity index (χ2v) is 9.39. The van der Waals surface area contributed by atoms with Crippen molar-refractivity contribution in [2.45, 2.75) is 38.0 Å². The lowest BCUT2D eigenvalue weighted by Crippen LogP contribution is -2.57. The highest BCUT2D eigenvalue weighted by molar-refractivity contribution is 5.96. The quantitative estimate of drug-likeness (QED) is 0.458. The highest BCUT2D eigenvalue weighted by atomic mass is 16.5. The van der Waals surface area contributed by atoms with Crippen LogP contribution in [0.5, 0.6) is 5.75 Å². The number of aliphatic hydroxyl groups is 2. The molecule has 9 heteroatoms. The highest BCUT2D eigenvalue weighted by Gasteiger charge is 2.50. The van der Waals surface area contributed by atoms with Crippen molar-refractivity contribution in [3.8, 4) is 5.75 Å². The van der Waals surface area contributed by atoms with Crippen LogP contribution in [0.15, 0.2) is 47.6 Å². The summed E-state index contributed by atoms with van der Waals surface area (Å²) >= 11 is 0. The third-order valence-corrected chi connectivity index (χ3v) is 6.69. The van der Waals surface area contributed by atoms with Gasteiger partial charge < -0.3 is 29.9 Å². The molecule has 1 fully saturated rings. The number of carbonyl (C=O) groups excluding carboxylic acids is 2. The first-order chi connectivity index (χ1) is 16.9. The fourth-order valence-corrected chi connectivity index (χ4v) is 5.00. The summed E-state index contributed by atoms with van der Waals surface area (Å²) in [5, 5.41) is 23.4. The molecule has 2 aliphatic heterocycles. The summed E-state index contributed by atoms with van der Waals surface area (Å²) in [5.41, 5.74) is 2.12. The lowest BCUT2D eigenvalue weighted by atomic mass is 9.77. The van der Waals surface area contributed by atoms with Crippen molar-refractivity contribution in [1.82, 2.24) is 15.1 Å². The van der Waals surface area contributed by atoms with Gasteiger partial charge in [-0.15, -0.1) is 0 Å². The molecule has 0 aromatic heterocycles. The van der Waals surface area contributed by atoms with E-state index in [1.54, 1.807) is 17.1 Å². The van der Waals surface area contributed by atoms with Crippen LogP contribution in [0.4, 0.5) is 0 Å². The van der Waals surface area contributed by atoms with Gasteiger partial charge in [-0.3, -0.25) is 14.5 Å². The Kier molecular flexibility index (Phi) is 8.22. The summed E-state index contributed by atoms with van der Waals surface area (Å²) < 4.78 is 11.6. The third kappa shape index (κ3) is 5.59. The molecule has 1 aromatic carbocycles. The van der Waals surface area contributed by atoms with E-state index in [4.69, 9.17) is 9.47 Å². The average molecular weight is 486 g/mol. The van der Waals surface area contributed by atoms with E-state index in [2.05, 4.69) is 10.2 Å². The van der Waals surface area contributed by atoms with Gasteiger partial charge in [0.1, 0.15) is 18.0 Å². The van der Waals surface area contributed by atoms with Gasteiger partial charge in [0.15, 0.2) is 0 Å². The van der Waals surface area contributed by atoms with E-state index in [-0.39, 0.29) is 25.0 Å². The number of morpholine rings is 1. The SMILES string of the molecule is CC(C)=CC(=O)N(CCN1CCOCC1)C1C=C(C(=O)NCCO)C2c3ccccc3OC2C1O. The van der Waals surface area contributed by atoms with Gasteiger partial charge in [-0.2, -0.15) is 0 Å². The van der Waals surface area contributed by atoms with Crippen LogP contribution in [0.2, 0.25) is 0 Å². The van der Waals surface area contributed by atoms with E-state index in [1.807, 2.05) is 38.1 Å². The van der Waals surface area contributed by atoms with Crippen molar-refractivity contribution in [2.24, 2.45) is 0 Å². The average Bonchev–Trinajstić information content (AvgIpc) is 3.24. The first-order valence-corrected chi connectivity index (χ1v) is 12.2. The lowest BCUT2D eigenvalue weighted by Gasteiger charge is -2.41. The fraction of sp³-hybridized carbons (Fsp3) is 0.538. The molecule has 3 aliphatic rings. The molecule has 35 heavy (non-hydrogen) atoms. The van der Waals surface area contributed by atoms with Gasteiger partial charge in [-0.05, 0) is 26.0 Å². The van der Waals surface area contributed by atoms with E-state index in [9.17, 15) is 19.8 Å². The summed E-state index contributed by atoms with van der Waals surface area (Å²) in [7, 11) is 0. The Bertz CT molecular complexity index is 983. The van der Waals surface area contributed by atoms with Crippen LogP contribution >= 0.6 is 0 Å². The summed E-state index contributed by atoms with van der Waals surface area (Å²) in [4.78, 5) is 30.4. The number of allylic oxidation sites excluding steroid dienone is 1. The number of benzene rings is 1. The van der Waals surface area contributed by atoms with E-state index >= 15 is 0 Å². The van der Waals surface area contributed by atoms with Gasteiger partial charge in [0.25, 0.3) is 0 Å². The van der Waals surface area contributed by atoms with Gasteiger partial charge in [-0.25, -0.2) is 0 Å². The third-order valence-electron chi connectivity index (χ3n) is 6.69. The Labute approximate surface area is 206 Å². The molecule has 4 unspecified atom stereocenters. The number of aliphatic hydroxyl groups excluding tert-OH is 2. The smallest absolute Gasteiger partial charge is 0.247 e. The minimum atomic E-state index is -1.03. The van der Waals surface area contributed by atoms with Gasteiger partial charge in [0.05, 0.1) is 31.8 Å². The normalized spacial score (nSPS) is 25.5. The number of para-hydroxylation sites is 1. The zero-order valence-electron chi connectivity index (χ0n) is 20.4.